The molecule has 4 unspecified atom stereocenters. The number of nitrogens with zero attached hydrogens (tertiary/aromatic N) is 1. The van der Waals surface area contributed by atoms with E-state index in [4.69, 9.17) is 4.74 Å². The lowest BCUT2D eigenvalue weighted by Gasteiger charge is -2.40. The summed E-state index contributed by atoms with van der Waals surface area (Å²) in [6, 6.07) is 1.51. The zero-order chi connectivity index (χ0) is 12.4. The maximum atomic E-state index is 5.91. The first-order valence-electron chi connectivity index (χ1n) is 7.97. The van der Waals surface area contributed by atoms with Gasteiger partial charge in [-0.25, -0.2) is 0 Å². The topological polar surface area (TPSA) is 24.5 Å². The first-order valence-corrected chi connectivity index (χ1v) is 7.97. The van der Waals surface area contributed by atoms with Crippen molar-refractivity contribution >= 4 is 0 Å². The molecular formula is C15H28N2O. The summed E-state index contributed by atoms with van der Waals surface area (Å²) < 4.78 is 5.91. The van der Waals surface area contributed by atoms with Gasteiger partial charge in [0.05, 0.1) is 12.7 Å². The molecule has 0 aromatic heterocycles. The van der Waals surface area contributed by atoms with Crippen LogP contribution in [0.3, 0.4) is 0 Å². The van der Waals surface area contributed by atoms with E-state index >= 15 is 0 Å². The molecular weight excluding hydrogens is 224 g/mol. The molecule has 1 saturated heterocycles. The van der Waals surface area contributed by atoms with Gasteiger partial charge >= 0.3 is 0 Å². The van der Waals surface area contributed by atoms with Gasteiger partial charge in [-0.3, -0.25) is 4.90 Å². The van der Waals surface area contributed by atoms with Crippen LogP contribution in [-0.2, 0) is 4.74 Å². The Hall–Kier alpha value is -0.120. The second-order valence-electron chi connectivity index (χ2n) is 6.26. The standard InChI is InChI=1S/C15H28N2O/c1-2-16-13-6-3-5-12(13)11-17-9-10-18-15-8-4-7-14(15)17/h12-16H,2-11H2,1H3. The van der Waals surface area contributed by atoms with Crippen molar-refractivity contribution in [3.8, 4) is 0 Å². The molecule has 2 aliphatic carbocycles. The van der Waals surface area contributed by atoms with Gasteiger partial charge in [0.25, 0.3) is 0 Å². The molecule has 3 fully saturated rings. The van der Waals surface area contributed by atoms with E-state index in [0.29, 0.717) is 6.10 Å². The minimum absolute atomic E-state index is 0.553. The first-order chi connectivity index (χ1) is 8.88. The van der Waals surface area contributed by atoms with Crippen molar-refractivity contribution < 1.29 is 4.74 Å². The van der Waals surface area contributed by atoms with Gasteiger partial charge in [-0.15, -0.1) is 0 Å². The average molecular weight is 252 g/mol. The molecule has 3 heteroatoms. The molecule has 3 rings (SSSR count). The highest BCUT2D eigenvalue weighted by Gasteiger charge is 2.38. The zero-order valence-corrected chi connectivity index (χ0v) is 11.7. The number of fused-ring (bicyclic) bond motifs is 1. The van der Waals surface area contributed by atoms with Gasteiger partial charge in [-0.2, -0.15) is 0 Å². The number of nitrogens with one attached hydrogen (secondary N) is 1. The van der Waals surface area contributed by atoms with Crippen molar-refractivity contribution in [2.75, 3.05) is 26.2 Å². The third-order valence-corrected chi connectivity index (χ3v) is 5.19. The molecule has 1 aliphatic heterocycles. The Bertz CT molecular complexity index is 271. The summed E-state index contributed by atoms with van der Waals surface area (Å²) in [6.07, 6.45) is 8.81. The lowest BCUT2D eigenvalue weighted by molar-refractivity contribution is -0.0608. The highest BCUT2D eigenvalue weighted by molar-refractivity contribution is 4.92. The van der Waals surface area contributed by atoms with Crippen LogP contribution in [0.2, 0.25) is 0 Å². The molecule has 3 nitrogen and oxygen atoms in total. The molecule has 4 atom stereocenters. The van der Waals surface area contributed by atoms with Crippen molar-refractivity contribution in [1.29, 1.82) is 0 Å². The minimum atomic E-state index is 0.553. The van der Waals surface area contributed by atoms with Crippen molar-refractivity contribution in [3.63, 3.8) is 0 Å². The molecule has 0 aromatic rings. The molecule has 1 heterocycles. The van der Waals surface area contributed by atoms with E-state index < -0.39 is 0 Å². The van der Waals surface area contributed by atoms with Crippen LogP contribution >= 0.6 is 0 Å². The Morgan fingerprint density at radius 3 is 2.94 bits per heavy atom. The van der Waals surface area contributed by atoms with Crippen LogP contribution in [0.15, 0.2) is 0 Å². The van der Waals surface area contributed by atoms with E-state index in [-0.39, 0.29) is 0 Å². The fourth-order valence-corrected chi connectivity index (χ4v) is 4.32. The highest BCUT2D eigenvalue weighted by atomic mass is 16.5. The number of rotatable bonds is 4. The smallest absolute Gasteiger partial charge is 0.0730 e. The number of hydrogen-bond donors (Lipinski definition) is 1. The quantitative estimate of drug-likeness (QED) is 0.828. The van der Waals surface area contributed by atoms with E-state index in [1.807, 2.05) is 0 Å². The summed E-state index contributed by atoms with van der Waals surface area (Å²) in [5, 5.41) is 3.69. The molecule has 1 N–H and O–H groups in total. The molecule has 0 amide bonds. The van der Waals surface area contributed by atoms with E-state index in [2.05, 4.69) is 17.1 Å². The fraction of sp³-hybridized carbons (Fsp3) is 1.00. The molecule has 3 aliphatic rings. The van der Waals surface area contributed by atoms with Gasteiger partial charge in [0.1, 0.15) is 0 Å². The third-order valence-electron chi connectivity index (χ3n) is 5.19. The fourth-order valence-electron chi connectivity index (χ4n) is 4.32. The lowest BCUT2D eigenvalue weighted by Crippen LogP contribution is -2.51. The Balaban J connectivity index is 1.57. The lowest BCUT2D eigenvalue weighted by atomic mass is 10.0. The van der Waals surface area contributed by atoms with Gasteiger partial charge in [0, 0.05) is 25.2 Å². The molecule has 0 spiro atoms. The minimum Gasteiger partial charge on any atom is -0.375 e. The van der Waals surface area contributed by atoms with Gasteiger partial charge in [0.15, 0.2) is 0 Å². The van der Waals surface area contributed by atoms with Crippen LogP contribution in [0, 0.1) is 5.92 Å². The van der Waals surface area contributed by atoms with Crippen LogP contribution in [0.5, 0.6) is 0 Å². The summed E-state index contributed by atoms with van der Waals surface area (Å²) in [7, 11) is 0. The Morgan fingerprint density at radius 1 is 1.17 bits per heavy atom. The van der Waals surface area contributed by atoms with Crippen LogP contribution in [0.25, 0.3) is 0 Å². The zero-order valence-electron chi connectivity index (χ0n) is 11.7. The number of ether oxygens (including phenoxy) is 1. The van der Waals surface area contributed by atoms with Crippen molar-refractivity contribution in [3.05, 3.63) is 0 Å². The van der Waals surface area contributed by atoms with Crippen molar-refractivity contribution in [2.45, 2.75) is 63.6 Å². The van der Waals surface area contributed by atoms with Crippen LogP contribution in [0.1, 0.15) is 45.4 Å². The Labute approximate surface area is 111 Å². The largest absolute Gasteiger partial charge is 0.375 e. The highest BCUT2D eigenvalue weighted by Crippen LogP contribution is 2.33. The van der Waals surface area contributed by atoms with Crippen LogP contribution < -0.4 is 5.32 Å². The van der Waals surface area contributed by atoms with Crippen LogP contribution in [0.4, 0.5) is 0 Å². The average Bonchev–Trinajstić information content (AvgIpc) is 3.00. The predicted octanol–water partition coefficient (Wildman–Crippen LogP) is 2.02. The molecule has 0 radical (unpaired) electrons. The van der Waals surface area contributed by atoms with Gasteiger partial charge in [0.2, 0.25) is 0 Å². The van der Waals surface area contributed by atoms with E-state index in [9.17, 15) is 0 Å². The van der Waals surface area contributed by atoms with Crippen LogP contribution in [-0.4, -0.2) is 49.3 Å². The number of morpholine rings is 1. The summed E-state index contributed by atoms with van der Waals surface area (Å²) >= 11 is 0. The Kier molecular flexibility index (Phi) is 4.22. The Morgan fingerprint density at radius 2 is 2.06 bits per heavy atom. The SMILES string of the molecule is CCNC1CCCC1CN1CCOC2CCCC21. The van der Waals surface area contributed by atoms with E-state index in [1.165, 1.54) is 45.1 Å². The second kappa shape index (κ2) is 5.89. The van der Waals surface area contributed by atoms with Gasteiger partial charge in [-0.1, -0.05) is 13.3 Å². The maximum absolute atomic E-state index is 5.91. The maximum Gasteiger partial charge on any atom is 0.0730 e. The summed E-state index contributed by atoms with van der Waals surface area (Å²) in [5.74, 6) is 0.879. The van der Waals surface area contributed by atoms with Gasteiger partial charge in [-0.05, 0) is 44.6 Å². The monoisotopic (exact) mass is 252 g/mol. The number of hydrogen-bond acceptors (Lipinski definition) is 3. The summed E-state index contributed by atoms with van der Waals surface area (Å²) in [4.78, 5) is 2.75. The van der Waals surface area contributed by atoms with Crippen molar-refractivity contribution in [1.82, 2.24) is 10.2 Å². The molecule has 104 valence electrons. The second-order valence-corrected chi connectivity index (χ2v) is 6.26. The van der Waals surface area contributed by atoms with E-state index in [0.717, 1.165) is 37.7 Å². The molecule has 0 aromatic carbocycles. The molecule has 0 bridgehead atoms. The predicted molar refractivity (Wildman–Crippen MR) is 73.8 cm³/mol. The summed E-state index contributed by atoms with van der Waals surface area (Å²) in [5.41, 5.74) is 0. The summed E-state index contributed by atoms with van der Waals surface area (Å²) in [6.45, 7) is 6.78. The third kappa shape index (κ3) is 2.59. The normalized spacial score (nSPS) is 41.2. The van der Waals surface area contributed by atoms with E-state index in [1.54, 1.807) is 0 Å². The molecule has 18 heavy (non-hydrogen) atoms. The first kappa shape index (κ1) is 12.9. The van der Waals surface area contributed by atoms with Crippen molar-refractivity contribution in [2.24, 2.45) is 5.92 Å². The van der Waals surface area contributed by atoms with Gasteiger partial charge < -0.3 is 10.1 Å². The molecule has 2 saturated carbocycles.